The van der Waals surface area contributed by atoms with Crippen molar-refractivity contribution in [1.29, 1.82) is 5.26 Å². The van der Waals surface area contributed by atoms with E-state index in [1.165, 1.54) is 31.4 Å². The van der Waals surface area contributed by atoms with Gasteiger partial charge < -0.3 is 14.0 Å². The number of hydrogen-bond donors (Lipinski definition) is 1. The average molecular weight is 423 g/mol. The average Bonchev–Trinajstić information content (AvgIpc) is 2.59. The Balaban J connectivity index is 0.00000676. The predicted molar refractivity (Wildman–Crippen MR) is 96.5 cm³/mol. The molecule has 0 spiro atoms. The van der Waals surface area contributed by atoms with Gasteiger partial charge in [0.05, 0.1) is 23.0 Å². The second-order valence-corrected chi connectivity index (χ2v) is 8.13. The summed E-state index contributed by atoms with van der Waals surface area (Å²) in [6.07, 6.45) is 0.752. The fourth-order valence-electron chi connectivity index (χ4n) is 2.29. The van der Waals surface area contributed by atoms with Crippen LogP contribution in [0.4, 0.5) is 0 Å². The largest absolute Gasteiger partial charge is 1.00 e. The van der Waals surface area contributed by atoms with Crippen molar-refractivity contribution in [3.8, 4) is 6.07 Å². The van der Waals surface area contributed by atoms with Gasteiger partial charge >= 0.3 is 35.5 Å². The molecule has 0 saturated carbocycles. The molecule has 7 nitrogen and oxygen atoms in total. The molecule has 10 heteroatoms. The first-order valence-corrected chi connectivity index (χ1v) is 9.83. The molecule has 1 aromatic rings. The van der Waals surface area contributed by atoms with Crippen LogP contribution in [0.25, 0.3) is 0 Å². The van der Waals surface area contributed by atoms with Crippen LogP contribution in [0, 0.1) is 16.7 Å². The summed E-state index contributed by atoms with van der Waals surface area (Å²) in [7, 11) is -2.99. The van der Waals surface area contributed by atoms with Gasteiger partial charge in [-0.1, -0.05) is 12.1 Å². The Hall–Kier alpha value is -0.600. The van der Waals surface area contributed by atoms with Gasteiger partial charge in [0.25, 0.3) is 0 Å². The third-order valence-electron chi connectivity index (χ3n) is 3.90. The zero-order valence-electron chi connectivity index (χ0n) is 15.7. The molecule has 0 saturated heterocycles. The number of rotatable bonds is 10. The number of ether oxygens (including phenoxy) is 2. The Labute approximate surface area is 187 Å². The molecule has 0 heterocycles. The first-order valence-electron chi connectivity index (χ1n) is 7.91. The van der Waals surface area contributed by atoms with Crippen molar-refractivity contribution in [2.75, 3.05) is 20.3 Å². The second kappa shape index (κ2) is 12.1. The third-order valence-corrected chi connectivity index (χ3v) is 5.23. The molecule has 0 aliphatic rings. The smallest absolute Gasteiger partial charge is 0.744 e. The number of nitrogens with zero attached hydrogens (tertiary/aromatic N) is 1. The van der Waals surface area contributed by atoms with Crippen LogP contribution in [0.15, 0.2) is 29.2 Å². The van der Waals surface area contributed by atoms with E-state index in [9.17, 15) is 23.0 Å². The summed E-state index contributed by atoms with van der Waals surface area (Å²) in [5.74, 6) is -0.399. The standard InChI is InChI=1S/C17H23NO6S2.Na/c1-17(12-18,8-7-16(19)24-10-9-23-2)11-15(25)13-3-5-14(6-4-13)26(20,21)22;/h3-6,15,25H,7-11H2,1-2H3,(H,20,21,22);/q;+1/p-1. The molecule has 144 valence electrons. The number of carbonyl (C=O) groups excluding carboxylic acids is 1. The molecule has 0 aliphatic carbocycles. The van der Waals surface area contributed by atoms with Gasteiger partial charge in [-0.25, -0.2) is 8.42 Å². The zero-order valence-corrected chi connectivity index (χ0v) is 19.4. The van der Waals surface area contributed by atoms with Crippen molar-refractivity contribution in [3.05, 3.63) is 29.8 Å². The molecule has 0 radical (unpaired) electrons. The van der Waals surface area contributed by atoms with Crippen molar-refractivity contribution >= 4 is 28.7 Å². The molecule has 0 fully saturated rings. The molecule has 0 amide bonds. The quantitative estimate of drug-likeness (QED) is 0.177. The molecule has 0 aromatic heterocycles. The summed E-state index contributed by atoms with van der Waals surface area (Å²) in [4.78, 5) is 11.4. The fraction of sp³-hybridized carbons (Fsp3) is 0.529. The molecule has 2 atom stereocenters. The molecule has 1 aromatic carbocycles. The van der Waals surface area contributed by atoms with Gasteiger partial charge in [0.15, 0.2) is 0 Å². The van der Waals surface area contributed by atoms with Crippen LogP contribution in [0.5, 0.6) is 0 Å². The van der Waals surface area contributed by atoms with Crippen LogP contribution < -0.4 is 29.6 Å². The van der Waals surface area contributed by atoms with E-state index in [1.807, 2.05) is 0 Å². The molecule has 1 rings (SSSR count). The second-order valence-electron chi connectivity index (χ2n) is 6.13. The molecular formula is C17H22NNaO6S2. The summed E-state index contributed by atoms with van der Waals surface area (Å²) in [6, 6.07) is 7.65. The van der Waals surface area contributed by atoms with Crippen molar-refractivity contribution < 1.29 is 56.8 Å². The van der Waals surface area contributed by atoms with E-state index in [2.05, 4.69) is 18.7 Å². The van der Waals surface area contributed by atoms with Crippen molar-refractivity contribution in [2.45, 2.75) is 36.3 Å². The van der Waals surface area contributed by atoms with Crippen LogP contribution in [-0.2, 0) is 24.4 Å². The molecular weight excluding hydrogens is 401 g/mol. The molecule has 0 N–H and O–H groups in total. The van der Waals surface area contributed by atoms with Crippen molar-refractivity contribution in [1.82, 2.24) is 0 Å². The first-order chi connectivity index (χ1) is 12.1. The van der Waals surface area contributed by atoms with Crippen LogP contribution in [0.1, 0.15) is 37.0 Å². The van der Waals surface area contributed by atoms with Crippen molar-refractivity contribution in [2.24, 2.45) is 5.41 Å². The predicted octanol–water partition coefficient (Wildman–Crippen LogP) is -0.545. The van der Waals surface area contributed by atoms with Gasteiger partial charge in [0, 0.05) is 18.8 Å². The van der Waals surface area contributed by atoms with Crippen LogP contribution >= 0.6 is 12.6 Å². The Kier molecular flexibility index (Phi) is 11.8. The summed E-state index contributed by atoms with van der Waals surface area (Å²) < 4.78 is 42.7. The summed E-state index contributed by atoms with van der Waals surface area (Å²) in [5.41, 5.74) is -0.124. The number of benzene rings is 1. The topological polar surface area (TPSA) is 117 Å². The van der Waals surface area contributed by atoms with Crippen molar-refractivity contribution in [3.63, 3.8) is 0 Å². The monoisotopic (exact) mass is 423 g/mol. The first kappa shape index (κ1) is 26.4. The third kappa shape index (κ3) is 9.43. The van der Waals surface area contributed by atoms with Crippen LogP contribution in [0.2, 0.25) is 0 Å². The number of nitriles is 1. The summed E-state index contributed by atoms with van der Waals surface area (Å²) in [6.45, 7) is 2.22. The maximum Gasteiger partial charge on any atom is 1.00 e. The van der Waals surface area contributed by atoms with E-state index in [0.717, 1.165) is 0 Å². The SMILES string of the molecule is COCCOC(=O)CCC(C)(C#N)CC(S)c1ccc(S(=O)(=O)[O-])cc1.[Na+]. The van der Waals surface area contributed by atoms with E-state index in [4.69, 9.17) is 9.47 Å². The summed E-state index contributed by atoms with van der Waals surface area (Å²) in [5, 5.41) is 9.13. The van der Waals surface area contributed by atoms with Gasteiger partial charge in [-0.3, -0.25) is 4.79 Å². The van der Waals surface area contributed by atoms with E-state index < -0.39 is 21.5 Å². The summed E-state index contributed by atoms with van der Waals surface area (Å²) >= 11 is 4.48. The minimum absolute atomic E-state index is 0. The Morgan fingerprint density at radius 1 is 1.33 bits per heavy atom. The van der Waals surface area contributed by atoms with Gasteiger partial charge in [-0.15, -0.1) is 0 Å². The van der Waals surface area contributed by atoms with E-state index in [1.54, 1.807) is 6.92 Å². The minimum atomic E-state index is -4.50. The molecule has 0 bridgehead atoms. The Bertz CT molecular complexity index is 748. The van der Waals surface area contributed by atoms with Gasteiger partial charge in [-0.05, 0) is 37.5 Å². The number of carbonyl (C=O) groups is 1. The van der Waals surface area contributed by atoms with Gasteiger partial charge in [0.1, 0.15) is 16.7 Å². The van der Waals surface area contributed by atoms with E-state index >= 15 is 0 Å². The number of methoxy groups -OCH3 is 1. The molecule has 27 heavy (non-hydrogen) atoms. The number of hydrogen-bond acceptors (Lipinski definition) is 8. The van der Waals surface area contributed by atoms with E-state index in [0.29, 0.717) is 25.0 Å². The number of esters is 1. The Morgan fingerprint density at radius 3 is 2.41 bits per heavy atom. The fourth-order valence-corrected chi connectivity index (χ4v) is 3.34. The minimum Gasteiger partial charge on any atom is -0.744 e. The van der Waals surface area contributed by atoms with Crippen LogP contribution in [-0.4, -0.2) is 39.3 Å². The molecule has 2 unspecified atom stereocenters. The molecule has 0 aliphatic heterocycles. The maximum absolute atomic E-state index is 11.7. The van der Waals surface area contributed by atoms with E-state index in [-0.39, 0.29) is 52.7 Å². The normalized spacial score (nSPS) is 14.3. The van der Waals surface area contributed by atoms with Gasteiger partial charge in [-0.2, -0.15) is 17.9 Å². The zero-order chi connectivity index (χ0) is 19.8. The number of thiol groups is 1. The Morgan fingerprint density at radius 2 is 1.93 bits per heavy atom. The maximum atomic E-state index is 11.7. The van der Waals surface area contributed by atoms with Crippen LogP contribution in [0.3, 0.4) is 0 Å². The van der Waals surface area contributed by atoms with Gasteiger partial charge in [0.2, 0.25) is 0 Å².